The second-order valence-electron chi connectivity index (χ2n) is 3.15. The Morgan fingerprint density at radius 3 is 2.55 bits per heavy atom. The van der Waals surface area contributed by atoms with Crippen molar-refractivity contribution in [2.45, 2.75) is 19.9 Å². The lowest BCUT2D eigenvalue weighted by Crippen LogP contribution is -2.38. The minimum Gasteiger partial charge on any atom is -0.309 e. The van der Waals surface area contributed by atoms with Crippen molar-refractivity contribution in [3.63, 3.8) is 0 Å². The molecule has 11 heavy (non-hydrogen) atoms. The molecule has 0 saturated heterocycles. The maximum atomic E-state index is 11.1. The lowest BCUT2D eigenvalue weighted by molar-refractivity contribution is -0.128. The molecule has 0 radical (unpaired) electrons. The van der Waals surface area contributed by atoms with Gasteiger partial charge in [0.1, 0.15) is 0 Å². The monoisotopic (exact) mass is 149 g/mol. The van der Waals surface area contributed by atoms with Crippen molar-refractivity contribution in [1.82, 2.24) is 4.90 Å². The summed E-state index contributed by atoms with van der Waals surface area (Å²) in [7, 11) is 0. The fourth-order valence-corrected chi connectivity index (χ4v) is 1.80. The van der Waals surface area contributed by atoms with Gasteiger partial charge >= 0.3 is 0 Å². The first-order valence-corrected chi connectivity index (χ1v) is 3.86. The number of rotatable bonds is 0. The SMILES string of the molecule is CC(=O)N1C(C)=CC2C=CC21. The van der Waals surface area contributed by atoms with Crippen molar-refractivity contribution >= 4 is 5.91 Å². The van der Waals surface area contributed by atoms with E-state index in [4.69, 9.17) is 0 Å². The van der Waals surface area contributed by atoms with Gasteiger partial charge in [0.05, 0.1) is 6.04 Å². The third-order valence-corrected chi connectivity index (χ3v) is 2.38. The average Bonchev–Trinajstić information content (AvgIpc) is 2.10. The zero-order valence-corrected chi connectivity index (χ0v) is 6.74. The van der Waals surface area contributed by atoms with Crippen LogP contribution in [0.2, 0.25) is 0 Å². The van der Waals surface area contributed by atoms with Gasteiger partial charge in [0.15, 0.2) is 0 Å². The summed E-state index contributed by atoms with van der Waals surface area (Å²) < 4.78 is 0. The van der Waals surface area contributed by atoms with E-state index in [0.29, 0.717) is 12.0 Å². The number of hydrogen-bond donors (Lipinski definition) is 0. The van der Waals surface area contributed by atoms with Crippen molar-refractivity contribution in [3.8, 4) is 0 Å². The molecule has 2 unspecified atom stereocenters. The van der Waals surface area contributed by atoms with Gasteiger partial charge in [-0.25, -0.2) is 0 Å². The van der Waals surface area contributed by atoms with Crippen molar-refractivity contribution in [2.24, 2.45) is 5.92 Å². The molecule has 1 amide bonds. The summed E-state index contributed by atoms with van der Waals surface area (Å²) in [6.45, 7) is 3.60. The largest absolute Gasteiger partial charge is 0.309 e. The first kappa shape index (κ1) is 6.65. The molecule has 2 aliphatic rings. The van der Waals surface area contributed by atoms with Crippen molar-refractivity contribution in [3.05, 3.63) is 23.9 Å². The third-order valence-electron chi connectivity index (χ3n) is 2.38. The Bertz CT molecular complexity index is 265. The van der Waals surface area contributed by atoms with Crippen LogP contribution in [0.15, 0.2) is 23.9 Å². The third kappa shape index (κ3) is 0.754. The van der Waals surface area contributed by atoms with E-state index < -0.39 is 0 Å². The molecule has 1 aliphatic heterocycles. The number of hydrogen-bond acceptors (Lipinski definition) is 1. The second kappa shape index (κ2) is 1.97. The average molecular weight is 149 g/mol. The highest BCUT2D eigenvalue weighted by atomic mass is 16.2. The summed E-state index contributed by atoms with van der Waals surface area (Å²) in [5.74, 6) is 0.648. The minimum atomic E-state index is 0.149. The number of carbonyl (C=O) groups is 1. The highest BCUT2D eigenvalue weighted by Gasteiger charge is 2.36. The van der Waals surface area contributed by atoms with Crippen LogP contribution in [0.5, 0.6) is 0 Å². The fourth-order valence-electron chi connectivity index (χ4n) is 1.80. The van der Waals surface area contributed by atoms with Gasteiger partial charge < -0.3 is 4.90 Å². The van der Waals surface area contributed by atoms with Gasteiger partial charge in [0.2, 0.25) is 5.91 Å². The van der Waals surface area contributed by atoms with E-state index in [-0.39, 0.29) is 5.91 Å². The molecule has 0 fully saturated rings. The molecular formula is C9H11NO. The lowest BCUT2D eigenvalue weighted by atomic mass is 9.91. The molecule has 2 rings (SSSR count). The topological polar surface area (TPSA) is 20.3 Å². The normalized spacial score (nSPS) is 32.9. The molecule has 2 atom stereocenters. The van der Waals surface area contributed by atoms with Gasteiger partial charge in [-0.2, -0.15) is 0 Å². The molecule has 0 aromatic rings. The number of allylic oxidation sites excluding steroid dienone is 1. The molecule has 0 saturated carbocycles. The molecule has 58 valence electrons. The summed E-state index contributed by atoms with van der Waals surface area (Å²) in [6, 6.07) is 0.340. The Morgan fingerprint density at radius 2 is 2.27 bits per heavy atom. The van der Waals surface area contributed by atoms with E-state index in [0.717, 1.165) is 5.70 Å². The van der Waals surface area contributed by atoms with Gasteiger partial charge in [-0.15, -0.1) is 0 Å². The molecule has 0 spiro atoms. The van der Waals surface area contributed by atoms with Crippen LogP contribution in [0.1, 0.15) is 13.8 Å². The van der Waals surface area contributed by atoms with Crippen LogP contribution < -0.4 is 0 Å². The molecule has 2 heteroatoms. The molecule has 0 bridgehead atoms. The molecular weight excluding hydrogens is 138 g/mol. The first-order chi connectivity index (χ1) is 5.20. The highest BCUT2D eigenvalue weighted by molar-refractivity contribution is 5.77. The first-order valence-electron chi connectivity index (χ1n) is 3.86. The van der Waals surface area contributed by atoms with Gasteiger partial charge in [-0.1, -0.05) is 18.2 Å². The number of amides is 1. The standard InChI is InChI=1S/C9H11NO/c1-6-5-8-3-4-9(8)10(6)7(2)11/h3-5,8-9H,1-2H3. The predicted octanol–water partition coefficient (Wildman–Crippen LogP) is 1.31. The van der Waals surface area contributed by atoms with Gasteiger partial charge in [0, 0.05) is 18.5 Å². The van der Waals surface area contributed by atoms with Gasteiger partial charge in [0.25, 0.3) is 0 Å². The fraction of sp³-hybridized carbons (Fsp3) is 0.444. The lowest BCUT2D eigenvalue weighted by Gasteiger charge is -2.30. The van der Waals surface area contributed by atoms with E-state index in [2.05, 4.69) is 18.2 Å². The van der Waals surface area contributed by atoms with E-state index >= 15 is 0 Å². The predicted molar refractivity (Wildman–Crippen MR) is 42.7 cm³/mol. The van der Waals surface area contributed by atoms with E-state index in [1.165, 1.54) is 0 Å². The highest BCUT2D eigenvalue weighted by Crippen LogP contribution is 2.34. The summed E-state index contributed by atoms with van der Waals surface area (Å²) in [5.41, 5.74) is 1.09. The van der Waals surface area contributed by atoms with E-state index in [1.807, 2.05) is 11.8 Å². The van der Waals surface area contributed by atoms with Crippen molar-refractivity contribution in [1.29, 1.82) is 0 Å². The summed E-state index contributed by atoms with van der Waals surface area (Å²) >= 11 is 0. The van der Waals surface area contributed by atoms with Crippen LogP contribution in [-0.2, 0) is 4.79 Å². The van der Waals surface area contributed by atoms with Crippen LogP contribution in [0.4, 0.5) is 0 Å². The van der Waals surface area contributed by atoms with Gasteiger partial charge in [-0.3, -0.25) is 4.79 Å². The summed E-state index contributed by atoms with van der Waals surface area (Å²) in [4.78, 5) is 12.9. The molecule has 0 aromatic heterocycles. The maximum Gasteiger partial charge on any atom is 0.224 e. The molecule has 1 heterocycles. The van der Waals surface area contributed by atoms with Crippen LogP contribution in [-0.4, -0.2) is 16.8 Å². The van der Waals surface area contributed by atoms with Crippen LogP contribution in [0.3, 0.4) is 0 Å². The maximum absolute atomic E-state index is 11.1. The van der Waals surface area contributed by atoms with E-state index in [9.17, 15) is 4.79 Å². The zero-order valence-electron chi connectivity index (χ0n) is 6.74. The summed E-state index contributed by atoms with van der Waals surface area (Å²) in [5, 5.41) is 0. The molecule has 1 aliphatic carbocycles. The number of fused-ring (bicyclic) bond motifs is 1. The quantitative estimate of drug-likeness (QED) is 0.475. The zero-order chi connectivity index (χ0) is 8.01. The Hall–Kier alpha value is -1.05. The molecule has 2 nitrogen and oxygen atoms in total. The molecule has 0 aromatic carbocycles. The van der Waals surface area contributed by atoms with Crippen molar-refractivity contribution < 1.29 is 4.79 Å². The minimum absolute atomic E-state index is 0.149. The molecule has 0 N–H and O–H groups in total. The van der Waals surface area contributed by atoms with Gasteiger partial charge in [-0.05, 0) is 6.92 Å². The number of nitrogens with zero attached hydrogens (tertiary/aromatic N) is 1. The Morgan fingerprint density at radius 1 is 1.55 bits per heavy atom. The Kier molecular flexibility index (Phi) is 1.19. The van der Waals surface area contributed by atoms with Crippen LogP contribution in [0, 0.1) is 5.92 Å². The van der Waals surface area contributed by atoms with Crippen LogP contribution >= 0.6 is 0 Å². The second-order valence-corrected chi connectivity index (χ2v) is 3.15. The summed E-state index contributed by atoms with van der Waals surface area (Å²) in [6.07, 6.45) is 6.36. The Labute approximate surface area is 66.2 Å². The van der Waals surface area contributed by atoms with E-state index in [1.54, 1.807) is 6.92 Å². The number of carbonyl (C=O) groups excluding carboxylic acids is 1. The smallest absolute Gasteiger partial charge is 0.224 e. The van der Waals surface area contributed by atoms with Crippen molar-refractivity contribution in [2.75, 3.05) is 0 Å². The van der Waals surface area contributed by atoms with Crippen LogP contribution in [0.25, 0.3) is 0 Å². The Balaban J connectivity index is 2.28.